The molecule has 15 heavy (non-hydrogen) atoms. The van der Waals surface area contributed by atoms with Crippen LogP contribution in [0.25, 0.3) is 0 Å². The SMILES string of the molecule is CC1(C)[C@@]2(C(=O)[O-])CC[C@]1(C)/C(=N\O)C2. The van der Waals surface area contributed by atoms with Gasteiger partial charge in [-0.1, -0.05) is 25.9 Å². The molecule has 2 atom stereocenters. The molecule has 0 unspecified atom stereocenters. The van der Waals surface area contributed by atoms with Gasteiger partial charge < -0.3 is 15.1 Å². The number of carboxylic acid groups (broad SMARTS) is 1. The first-order valence-corrected chi connectivity index (χ1v) is 5.25. The Morgan fingerprint density at radius 1 is 1.40 bits per heavy atom. The second-order valence-corrected chi connectivity index (χ2v) is 5.55. The number of fused-ring (bicyclic) bond motifs is 2. The van der Waals surface area contributed by atoms with E-state index in [9.17, 15) is 9.90 Å². The minimum Gasteiger partial charge on any atom is -0.550 e. The summed E-state index contributed by atoms with van der Waals surface area (Å²) in [5.74, 6) is -1.00. The predicted octanol–water partition coefficient (Wildman–Crippen LogP) is 0.783. The Balaban J connectivity index is 2.61. The van der Waals surface area contributed by atoms with Crippen LogP contribution in [0.2, 0.25) is 0 Å². The van der Waals surface area contributed by atoms with E-state index < -0.39 is 16.8 Å². The van der Waals surface area contributed by atoms with Crippen molar-refractivity contribution in [2.45, 2.75) is 40.0 Å². The van der Waals surface area contributed by atoms with Gasteiger partial charge >= 0.3 is 0 Å². The topological polar surface area (TPSA) is 72.7 Å². The summed E-state index contributed by atoms with van der Waals surface area (Å²) in [6.07, 6.45) is 1.71. The first kappa shape index (κ1) is 10.5. The molecule has 2 saturated carbocycles. The molecule has 0 aliphatic heterocycles. The van der Waals surface area contributed by atoms with Gasteiger partial charge in [0.1, 0.15) is 0 Å². The van der Waals surface area contributed by atoms with Crippen molar-refractivity contribution in [3.63, 3.8) is 0 Å². The van der Waals surface area contributed by atoms with Crippen molar-refractivity contribution >= 4 is 11.7 Å². The highest BCUT2D eigenvalue weighted by atomic mass is 16.4. The van der Waals surface area contributed by atoms with E-state index in [-0.39, 0.29) is 5.41 Å². The first-order chi connectivity index (χ1) is 6.82. The van der Waals surface area contributed by atoms with Crippen LogP contribution in [0.3, 0.4) is 0 Å². The van der Waals surface area contributed by atoms with Crippen LogP contribution in [0.1, 0.15) is 40.0 Å². The molecule has 2 bridgehead atoms. The van der Waals surface area contributed by atoms with Crippen molar-refractivity contribution in [2.24, 2.45) is 21.4 Å². The van der Waals surface area contributed by atoms with Gasteiger partial charge in [-0.15, -0.1) is 0 Å². The van der Waals surface area contributed by atoms with Gasteiger partial charge in [0.25, 0.3) is 0 Å². The maximum absolute atomic E-state index is 11.4. The molecular formula is C11H16NO3-. The molecule has 0 saturated heterocycles. The van der Waals surface area contributed by atoms with E-state index in [1.54, 1.807) is 0 Å². The summed E-state index contributed by atoms with van der Waals surface area (Å²) < 4.78 is 0. The number of hydrogen-bond donors (Lipinski definition) is 1. The highest BCUT2D eigenvalue weighted by Gasteiger charge is 2.69. The number of carbonyl (C=O) groups is 1. The zero-order chi connectivity index (χ0) is 11.5. The van der Waals surface area contributed by atoms with Gasteiger partial charge in [0.05, 0.1) is 5.71 Å². The van der Waals surface area contributed by atoms with Crippen LogP contribution in [0.4, 0.5) is 0 Å². The lowest BCUT2D eigenvalue weighted by Crippen LogP contribution is -2.47. The second-order valence-electron chi connectivity index (χ2n) is 5.55. The number of carbonyl (C=O) groups excluding carboxylic acids is 1. The van der Waals surface area contributed by atoms with Gasteiger partial charge in [0.2, 0.25) is 0 Å². The fourth-order valence-electron chi connectivity index (χ4n) is 3.49. The molecule has 0 amide bonds. The van der Waals surface area contributed by atoms with Crippen molar-refractivity contribution in [3.8, 4) is 0 Å². The Morgan fingerprint density at radius 3 is 2.33 bits per heavy atom. The summed E-state index contributed by atoms with van der Waals surface area (Å²) in [7, 11) is 0. The average Bonchev–Trinajstić information content (AvgIpc) is 2.46. The highest BCUT2D eigenvalue weighted by Crippen LogP contribution is 2.70. The molecule has 1 N–H and O–H groups in total. The Morgan fingerprint density at radius 2 is 2.00 bits per heavy atom. The van der Waals surface area contributed by atoms with E-state index in [2.05, 4.69) is 5.16 Å². The molecule has 2 aliphatic rings. The van der Waals surface area contributed by atoms with Crippen LogP contribution in [-0.4, -0.2) is 16.9 Å². The lowest BCUT2D eigenvalue weighted by molar-refractivity contribution is -0.323. The molecule has 2 fully saturated rings. The fraction of sp³-hybridized carbons (Fsp3) is 0.818. The van der Waals surface area contributed by atoms with Gasteiger partial charge in [0, 0.05) is 23.2 Å². The number of carboxylic acids is 1. The Hall–Kier alpha value is -1.06. The summed E-state index contributed by atoms with van der Waals surface area (Å²) >= 11 is 0. The third-order valence-electron chi connectivity index (χ3n) is 5.25. The van der Waals surface area contributed by atoms with Crippen LogP contribution in [0.15, 0.2) is 5.16 Å². The maximum atomic E-state index is 11.4. The van der Waals surface area contributed by atoms with Gasteiger partial charge in [-0.05, 0) is 18.3 Å². The summed E-state index contributed by atoms with van der Waals surface area (Å²) in [6, 6.07) is 0. The van der Waals surface area contributed by atoms with Gasteiger partial charge in [-0.3, -0.25) is 0 Å². The molecule has 0 heterocycles. The number of nitrogens with zero attached hydrogens (tertiary/aromatic N) is 1. The standard InChI is InChI=1S/C11H17NO3/c1-9(2)10(3)4-5-11(9,8(13)14)6-7(10)12-15/h15H,4-6H2,1-3H3,(H,13,14)/p-1/b12-7-/t10-,11+/m1/s1. The number of oxime groups is 1. The maximum Gasteiger partial charge on any atom is 0.0644 e. The fourth-order valence-corrected chi connectivity index (χ4v) is 3.49. The van der Waals surface area contributed by atoms with Crippen molar-refractivity contribution in [1.29, 1.82) is 0 Å². The molecule has 2 aliphatic carbocycles. The van der Waals surface area contributed by atoms with Gasteiger partial charge in [0.15, 0.2) is 0 Å². The summed E-state index contributed by atoms with van der Waals surface area (Å²) in [6.45, 7) is 5.86. The summed E-state index contributed by atoms with van der Waals surface area (Å²) in [5.41, 5.74) is -0.936. The van der Waals surface area contributed by atoms with E-state index in [0.29, 0.717) is 18.6 Å². The molecule has 4 nitrogen and oxygen atoms in total. The number of rotatable bonds is 1. The minimum atomic E-state index is -1.00. The largest absolute Gasteiger partial charge is 0.550 e. The third kappa shape index (κ3) is 0.840. The smallest absolute Gasteiger partial charge is 0.0644 e. The van der Waals surface area contributed by atoms with Crippen LogP contribution >= 0.6 is 0 Å². The van der Waals surface area contributed by atoms with Crippen LogP contribution < -0.4 is 5.11 Å². The molecule has 0 aromatic carbocycles. The molecule has 84 valence electrons. The number of aliphatic carboxylic acids is 1. The molecule has 0 aromatic heterocycles. The molecule has 4 heteroatoms. The quantitative estimate of drug-likeness (QED) is 0.513. The molecular weight excluding hydrogens is 194 g/mol. The van der Waals surface area contributed by atoms with Crippen LogP contribution in [0, 0.1) is 16.2 Å². The number of hydrogen-bond acceptors (Lipinski definition) is 4. The lowest BCUT2D eigenvalue weighted by atomic mass is 9.65. The van der Waals surface area contributed by atoms with E-state index in [0.717, 1.165) is 6.42 Å². The monoisotopic (exact) mass is 210 g/mol. The molecule has 2 rings (SSSR count). The third-order valence-corrected chi connectivity index (χ3v) is 5.25. The minimum absolute atomic E-state index is 0.304. The Kier molecular flexibility index (Phi) is 1.77. The molecule has 0 radical (unpaired) electrons. The molecule has 0 aromatic rings. The predicted molar refractivity (Wildman–Crippen MR) is 52.4 cm³/mol. The van der Waals surface area contributed by atoms with Gasteiger partial charge in [-0.25, -0.2) is 0 Å². The Bertz CT molecular complexity index is 361. The van der Waals surface area contributed by atoms with Crippen molar-refractivity contribution in [2.75, 3.05) is 0 Å². The van der Waals surface area contributed by atoms with E-state index in [1.165, 1.54) is 0 Å². The van der Waals surface area contributed by atoms with Crippen molar-refractivity contribution in [3.05, 3.63) is 0 Å². The van der Waals surface area contributed by atoms with E-state index in [1.807, 2.05) is 20.8 Å². The Labute approximate surface area is 89.0 Å². The lowest BCUT2D eigenvalue weighted by Gasteiger charge is -2.40. The summed E-state index contributed by atoms with van der Waals surface area (Å²) in [4.78, 5) is 11.4. The first-order valence-electron chi connectivity index (χ1n) is 5.25. The van der Waals surface area contributed by atoms with E-state index in [4.69, 9.17) is 5.21 Å². The highest BCUT2D eigenvalue weighted by molar-refractivity contribution is 6.00. The summed E-state index contributed by atoms with van der Waals surface area (Å²) in [5, 5.41) is 23.6. The van der Waals surface area contributed by atoms with Crippen LogP contribution in [-0.2, 0) is 4.79 Å². The van der Waals surface area contributed by atoms with E-state index >= 15 is 0 Å². The van der Waals surface area contributed by atoms with Crippen molar-refractivity contribution < 1.29 is 15.1 Å². The zero-order valence-electron chi connectivity index (χ0n) is 9.33. The van der Waals surface area contributed by atoms with Crippen molar-refractivity contribution in [1.82, 2.24) is 0 Å². The second kappa shape index (κ2) is 2.54. The average molecular weight is 210 g/mol. The van der Waals surface area contributed by atoms with Crippen LogP contribution in [0.5, 0.6) is 0 Å². The van der Waals surface area contributed by atoms with Gasteiger partial charge in [-0.2, -0.15) is 0 Å². The normalized spacial score (nSPS) is 44.9. The molecule has 0 spiro atoms. The zero-order valence-corrected chi connectivity index (χ0v) is 9.33.